The van der Waals surface area contributed by atoms with Crippen LogP contribution in [0, 0.1) is 0 Å². The molecule has 1 unspecified atom stereocenters. The van der Waals surface area contributed by atoms with Crippen LogP contribution in [0.2, 0.25) is 0 Å². The van der Waals surface area contributed by atoms with E-state index >= 15 is 0 Å². The van der Waals surface area contributed by atoms with E-state index in [0.29, 0.717) is 25.5 Å². The van der Waals surface area contributed by atoms with Gasteiger partial charge in [0.1, 0.15) is 6.04 Å². The largest absolute Gasteiger partial charge is 0.464 e. The number of hydrogen-bond donors (Lipinski definition) is 0. The molecule has 5 heteroatoms. The number of likely N-dealkylation sites (tertiary alicyclic amines) is 1. The molecule has 0 aromatic heterocycles. The van der Waals surface area contributed by atoms with Crippen molar-refractivity contribution in [2.45, 2.75) is 51.5 Å². The smallest absolute Gasteiger partial charge is 0.328 e. The lowest BCUT2D eigenvalue weighted by Crippen LogP contribution is -2.41. The van der Waals surface area contributed by atoms with Gasteiger partial charge in [-0.1, -0.05) is 6.92 Å². The zero-order chi connectivity index (χ0) is 13.4. The van der Waals surface area contributed by atoms with Crippen molar-refractivity contribution in [3.05, 3.63) is 0 Å². The number of ether oxygens (including phenoxy) is 1. The van der Waals surface area contributed by atoms with E-state index < -0.39 is 0 Å². The van der Waals surface area contributed by atoms with Crippen molar-refractivity contribution in [1.29, 1.82) is 0 Å². The molecule has 1 rings (SSSR count). The average molecular weight is 276 g/mol. The molecule has 104 valence electrons. The van der Waals surface area contributed by atoms with Crippen molar-refractivity contribution in [3.8, 4) is 0 Å². The molecule has 0 N–H and O–H groups in total. The summed E-state index contributed by atoms with van der Waals surface area (Å²) < 4.78 is 5.13. The Labute approximate surface area is 114 Å². The number of halogens is 1. The van der Waals surface area contributed by atoms with Crippen LogP contribution in [0.1, 0.15) is 45.4 Å². The highest BCUT2D eigenvalue weighted by Gasteiger charge is 2.34. The van der Waals surface area contributed by atoms with Crippen molar-refractivity contribution in [2.75, 3.05) is 19.0 Å². The number of carbonyl (C=O) groups excluding carboxylic acids is 2. The molecule has 0 radical (unpaired) electrons. The van der Waals surface area contributed by atoms with Gasteiger partial charge in [-0.05, 0) is 32.1 Å². The van der Waals surface area contributed by atoms with Gasteiger partial charge < -0.3 is 9.64 Å². The van der Waals surface area contributed by atoms with Crippen LogP contribution in [-0.2, 0) is 14.3 Å². The first-order chi connectivity index (χ1) is 8.70. The first-order valence-corrected chi connectivity index (χ1v) is 7.26. The Kier molecular flexibility index (Phi) is 7.09. The minimum atomic E-state index is -0.361. The second-order valence-electron chi connectivity index (χ2n) is 4.56. The highest BCUT2D eigenvalue weighted by Crippen LogP contribution is 2.20. The van der Waals surface area contributed by atoms with E-state index in [2.05, 4.69) is 0 Å². The zero-order valence-corrected chi connectivity index (χ0v) is 11.7. The number of alkyl halides is 1. The van der Waals surface area contributed by atoms with Gasteiger partial charge in [-0.25, -0.2) is 4.79 Å². The van der Waals surface area contributed by atoms with Gasteiger partial charge in [-0.15, -0.1) is 11.6 Å². The average Bonchev–Trinajstić information content (AvgIpc) is 2.85. The van der Waals surface area contributed by atoms with E-state index in [-0.39, 0.29) is 17.9 Å². The molecule has 1 heterocycles. The van der Waals surface area contributed by atoms with Gasteiger partial charge in [-0.3, -0.25) is 4.79 Å². The van der Waals surface area contributed by atoms with Crippen LogP contribution < -0.4 is 0 Å². The Bertz CT molecular complexity index is 283. The molecule has 1 amide bonds. The quantitative estimate of drug-likeness (QED) is 0.407. The van der Waals surface area contributed by atoms with Gasteiger partial charge in [-0.2, -0.15) is 0 Å². The molecular formula is C13H22ClNO3. The molecule has 0 bridgehead atoms. The SMILES string of the molecule is CCCOC(=O)C1CCCN1C(=O)CCCCCl. The Balaban J connectivity index is 2.43. The van der Waals surface area contributed by atoms with Crippen LogP contribution >= 0.6 is 11.6 Å². The molecule has 1 aliphatic heterocycles. The zero-order valence-electron chi connectivity index (χ0n) is 11.0. The molecule has 0 aromatic carbocycles. The van der Waals surface area contributed by atoms with E-state index in [4.69, 9.17) is 16.3 Å². The number of nitrogens with zero attached hydrogens (tertiary/aromatic N) is 1. The number of amides is 1. The number of hydrogen-bond acceptors (Lipinski definition) is 3. The molecule has 18 heavy (non-hydrogen) atoms. The second-order valence-corrected chi connectivity index (χ2v) is 4.94. The summed E-state index contributed by atoms with van der Waals surface area (Å²) in [6.07, 6.45) is 4.52. The normalized spacial score (nSPS) is 19.0. The third-order valence-corrected chi connectivity index (χ3v) is 3.34. The molecule has 1 fully saturated rings. The highest BCUT2D eigenvalue weighted by atomic mass is 35.5. The summed E-state index contributed by atoms with van der Waals surface area (Å²) >= 11 is 5.58. The monoisotopic (exact) mass is 275 g/mol. The molecular weight excluding hydrogens is 254 g/mol. The lowest BCUT2D eigenvalue weighted by atomic mass is 10.2. The predicted molar refractivity (Wildman–Crippen MR) is 70.6 cm³/mol. The molecule has 0 aliphatic carbocycles. The summed E-state index contributed by atoms with van der Waals surface area (Å²) in [5.74, 6) is 0.381. The lowest BCUT2D eigenvalue weighted by Gasteiger charge is -2.23. The van der Waals surface area contributed by atoms with Gasteiger partial charge in [0.05, 0.1) is 6.61 Å². The van der Waals surface area contributed by atoms with Crippen LogP contribution in [-0.4, -0.2) is 41.8 Å². The number of carbonyl (C=O) groups is 2. The number of esters is 1. The maximum atomic E-state index is 12.0. The van der Waals surface area contributed by atoms with Gasteiger partial charge in [0.15, 0.2) is 0 Å². The lowest BCUT2D eigenvalue weighted by molar-refractivity contribution is -0.153. The number of rotatable bonds is 7. The third kappa shape index (κ3) is 4.48. The van der Waals surface area contributed by atoms with Crippen molar-refractivity contribution in [1.82, 2.24) is 4.90 Å². The first kappa shape index (κ1) is 15.3. The van der Waals surface area contributed by atoms with E-state index in [1.807, 2.05) is 6.92 Å². The van der Waals surface area contributed by atoms with Crippen LogP contribution in [0.3, 0.4) is 0 Å². The van der Waals surface area contributed by atoms with Gasteiger partial charge >= 0.3 is 5.97 Å². The molecule has 4 nitrogen and oxygen atoms in total. The standard InChI is InChI=1S/C13H22ClNO3/c1-2-10-18-13(17)11-6-5-9-15(11)12(16)7-3-4-8-14/h11H,2-10H2,1H3. The van der Waals surface area contributed by atoms with Gasteiger partial charge in [0, 0.05) is 18.8 Å². The Morgan fingerprint density at radius 2 is 2.17 bits per heavy atom. The van der Waals surface area contributed by atoms with Crippen molar-refractivity contribution in [2.24, 2.45) is 0 Å². The highest BCUT2D eigenvalue weighted by molar-refractivity contribution is 6.17. The van der Waals surface area contributed by atoms with E-state index in [1.54, 1.807) is 4.90 Å². The first-order valence-electron chi connectivity index (χ1n) is 6.72. The van der Waals surface area contributed by atoms with Gasteiger partial charge in [0.2, 0.25) is 5.91 Å². The fourth-order valence-corrected chi connectivity index (χ4v) is 2.31. The molecule has 0 aromatic rings. The second kappa shape index (κ2) is 8.35. The van der Waals surface area contributed by atoms with Crippen molar-refractivity contribution < 1.29 is 14.3 Å². The van der Waals surface area contributed by atoms with Crippen molar-refractivity contribution in [3.63, 3.8) is 0 Å². The van der Waals surface area contributed by atoms with Gasteiger partial charge in [0.25, 0.3) is 0 Å². The fraction of sp³-hybridized carbons (Fsp3) is 0.846. The summed E-state index contributed by atoms with van der Waals surface area (Å²) in [6, 6.07) is -0.361. The third-order valence-electron chi connectivity index (χ3n) is 3.07. The van der Waals surface area contributed by atoms with E-state index in [1.165, 1.54) is 0 Å². The molecule has 1 atom stereocenters. The van der Waals surface area contributed by atoms with E-state index in [9.17, 15) is 9.59 Å². The Morgan fingerprint density at radius 1 is 1.39 bits per heavy atom. The molecule has 0 saturated carbocycles. The van der Waals surface area contributed by atoms with Crippen LogP contribution in [0.4, 0.5) is 0 Å². The summed E-state index contributed by atoms with van der Waals surface area (Å²) in [5, 5.41) is 0. The fourth-order valence-electron chi connectivity index (χ4n) is 2.12. The van der Waals surface area contributed by atoms with Crippen LogP contribution in [0.5, 0.6) is 0 Å². The minimum Gasteiger partial charge on any atom is -0.464 e. The molecule has 0 spiro atoms. The predicted octanol–water partition coefficient (Wildman–Crippen LogP) is 2.34. The minimum absolute atomic E-state index is 0.0519. The summed E-state index contributed by atoms with van der Waals surface area (Å²) in [4.78, 5) is 25.5. The molecule has 1 saturated heterocycles. The number of unbranched alkanes of at least 4 members (excludes halogenated alkanes) is 1. The summed E-state index contributed by atoms with van der Waals surface area (Å²) in [6.45, 7) is 3.06. The van der Waals surface area contributed by atoms with E-state index in [0.717, 1.165) is 32.1 Å². The summed E-state index contributed by atoms with van der Waals surface area (Å²) in [7, 11) is 0. The topological polar surface area (TPSA) is 46.6 Å². The van der Waals surface area contributed by atoms with Crippen LogP contribution in [0.15, 0.2) is 0 Å². The van der Waals surface area contributed by atoms with Crippen molar-refractivity contribution >= 4 is 23.5 Å². The maximum absolute atomic E-state index is 12.0. The maximum Gasteiger partial charge on any atom is 0.328 e. The summed E-state index contributed by atoms with van der Waals surface area (Å²) in [5.41, 5.74) is 0. The molecule has 1 aliphatic rings. The Morgan fingerprint density at radius 3 is 2.83 bits per heavy atom. The Hall–Kier alpha value is -0.770. The van der Waals surface area contributed by atoms with Crippen LogP contribution in [0.25, 0.3) is 0 Å².